The van der Waals surface area contributed by atoms with E-state index in [4.69, 9.17) is 0 Å². The lowest BCUT2D eigenvalue weighted by Crippen LogP contribution is -2.10. The predicted molar refractivity (Wildman–Crippen MR) is 68.0 cm³/mol. The maximum Gasteiger partial charge on any atom is 0.416 e. The van der Waals surface area contributed by atoms with E-state index >= 15 is 0 Å². The minimum Gasteiger partial charge on any atom is -0.380 e. The highest BCUT2D eigenvalue weighted by Gasteiger charge is 2.30. The number of aliphatic hydroxyl groups excluding tert-OH is 1. The van der Waals surface area contributed by atoms with Crippen LogP contribution in [0, 0.1) is 0 Å². The molecule has 3 nitrogen and oxygen atoms in total. The molecule has 1 aromatic carbocycles. The van der Waals surface area contributed by atoms with Gasteiger partial charge < -0.3 is 9.67 Å². The van der Waals surface area contributed by atoms with Crippen LogP contribution in [0.25, 0.3) is 0 Å². The van der Waals surface area contributed by atoms with Crippen LogP contribution in [0.15, 0.2) is 36.7 Å². The van der Waals surface area contributed by atoms with Crippen molar-refractivity contribution >= 4 is 0 Å². The van der Waals surface area contributed by atoms with Crippen molar-refractivity contribution in [2.75, 3.05) is 0 Å². The van der Waals surface area contributed by atoms with Crippen molar-refractivity contribution in [2.45, 2.75) is 32.2 Å². The molecule has 1 aromatic heterocycles. The van der Waals surface area contributed by atoms with E-state index in [0.29, 0.717) is 17.9 Å². The number of aliphatic hydroxyl groups is 1. The molecule has 0 bridgehead atoms. The third-order valence-electron chi connectivity index (χ3n) is 3.01. The number of hydrogen-bond acceptors (Lipinski definition) is 2. The molecule has 0 fully saturated rings. The Kier molecular flexibility index (Phi) is 4.13. The SMILES string of the molecule is CCCn1ccnc1C(O)c1ccc(C(F)(F)F)cc1. The predicted octanol–water partition coefficient (Wildman–Crippen LogP) is 3.39. The Balaban J connectivity index is 2.25. The van der Waals surface area contributed by atoms with Crippen LogP contribution in [0.5, 0.6) is 0 Å². The van der Waals surface area contributed by atoms with E-state index in [9.17, 15) is 18.3 Å². The largest absolute Gasteiger partial charge is 0.416 e. The molecule has 108 valence electrons. The molecule has 0 aliphatic rings. The van der Waals surface area contributed by atoms with E-state index in [1.807, 2.05) is 6.92 Å². The van der Waals surface area contributed by atoms with Gasteiger partial charge in [-0.1, -0.05) is 19.1 Å². The number of alkyl halides is 3. The van der Waals surface area contributed by atoms with Gasteiger partial charge in [-0.3, -0.25) is 0 Å². The highest BCUT2D eigenvalue weighted by molar-refractivity contribution is 5.29. The zero-order valence-corrected chi connectivity index (χ0v) is 10.9. The van der Waals surface area contributed by atoms with Crippen LogP contribution < -0.4 is 0 Å². The second-order valence-electron chi connectivity index (χ2n) is 4.50. The van der Waals surface area contributed by atoms with Crippen molar-refractivity contribution in [3.05, 3.63) is 53.6 Å². The minimum atomic E-state index is -4.37. The summed E-state index contributed by atoms with van der Waals surface area (Å²) >= 11 is 0. The summed E-state index contributed by atoms with van der Waals surface area (Å²) in [5.74, 6) is 0.437. The molecular weight excluding hydrogens is 269 g/mol. The Morgan fingerprint density at radius 2 is 1.90 bits per heavy atom. The first-order valence-electron chi connectivity index (χ1n) is 6.29. The van der Waals surface area contributed by atoms with E-state index in [-0.39, 0.29) is 0 Å². The first-order chi connectivity index (χ1) is 9.43. The Labute approximate surface area is 114 Å². The summed E-state index contributed by atoms with van der Waals surface area (Å²) in [6.07, 6.45) is -1.21. The lowest BCUT2D eigenvalue weighted by Gasteiger charge is -2.14. The third-order valence-corrected chi connectivity index (χ3v) is 3.01. The molecule has 0 aliphatic heterocycles. The van der Waals surface area contributed by atoms with Crippen LogP contribution in [0.1, 0.15) is 36.4 Å². The maximum absolute atomic E-state index is 12.5. The summed E-state index contributed by atoms with van der Waals surface area (Å²) in [6.45, 7) is 2.70. The summed E-state index contributed by atoms with van der Waals surface area (Å²) in [7, 11) is 0. The molecule has 0 aliphatic carbocycles. The zero-order valence-electron chi connectivity index (χ0n) is 10.9. The normalized spacial score (nSPS) is 13.4. The van der Waals surface area contributed by atoms with Gasteiger partial charge in [0.2, 0.25) is 0 Å². The summed E-state index contributed by atoms with van der Waals surface area (Å²) in [5, 5.41) is 10.2. The molecule has 0 amide bonds. The Bertz CT molecular complexity index is 561. The number of imidazole rings is 1. The first kappa shape index (κ1) is 14.6. The topological polar surface area (TPSA) is 38.0 Å². The number of aryl methyl sites for hydroxylation is 1. The summed E-state index contributed by atoms with van der Waals surface area (Å²) in [4.78, 5) is 4.07. The Morgan fingerprint density at radius 3 is 2.45 bits per heavy atom. The molecule has 2 rings (SSSR count). The summed E-state index contributed by atoms with van der Waals surface area (Å²) < 4.78 is 39.2. The molecule has 20 heavy (non-hydrogen) atoms. The van der Waals surface area contributed by atoms with E-state index in [1.54, 1.807) is 17.0 Å². The number of benzene rings is 1. The van der Waals surface area contributed by atoms with Crippen LogP contribution >= 0.6 is 0 Å². The second-order valence-corrected chi connectivity index (χ2v) is 4.50. The van der Waals surface area contributed by atoms with Crippen molar-refractivity contribution in [1.82, 2.24) is 9.55 Å². The fourth-order valence-corrected chi connectivity index (χ4v) is 2.00. The molecule has 0 radical (unpaired) electrons. The molecule has 1 heterocycles. The lowest BCUT2D eigenvalue weighted by molar-refractivity contribution is -0.137. The molecule has 1 unspecified atom stereocenters. The minimum absolute atomic E-state index is 0.390. The van der Waals surface area contributed by atoms with Gasteiger partial charge in [0.1, 0.15) is 11.9 Å². The van der Waals surface area contributed by atoms with Gasteiger partial charge in [0, 0.05) is 18.9 Å². The quantitative estimate of drug-likeness (QED) is 0.934. The van der Waals surface area contributed by atoms with Crippen LogP contribution in [0.4, 0.5) is 13.2 Å². The van der Waals surface area contributed by atoms with Gasteiger partial charge in [-0.15, -0.1) is 0 Å². The van der Waals surface area contributed by atoms with E-state index in [1.165, 1.54) is 12.1 Å². The number of aromatic nitrogens is 2. The summed E-state index contributed by atoms with van der Waals surface area (Å²) in [6, 6.07) is 4.48. The van der Waals surface area contributed by atoms with Crippen molar-refractivity contribution in [2.24, 2.45) is 0 Å². The molecule has 1 atom stereocenters. The average Bonchev–Trinajstić information content (AvgIpc) is 2.86. The molecular formula is C14H15F3N2O. The van der Waals surface area contributed by atoms with Gasteiger partial charge in [0.15, 0.2) is 0 Å². The van der Waals surface area contributed by atoms with Gasteiger partial charge >= 0.3 is 6.18 Å². The fourth-order valence-electron chi connectivity index (χ4n) is 2.00. The van der Waals surface area contributed by atoms with Gasteiger partial charge in [-0.05, 0) is 24.1 Å². The number of nitrogens with zero attached hydrogens (tertiary/aromatic N) is 2. The average molecular weight is 284 g/mol. The second kappa shape index (κ2) is 5.66. The molecule has 6 heteroatoms. The smallest absolute Gasteiger partial charge is 0.380 e. The standard InChI is InChI=1S/C14H15F3N2O/c1-2-8-19-9-7-18-13(19)12(20)10-3-5-11(6-4-10)14(15,16)17/h3-7,9,12,20H,2,8H2,1H3. The highest BCUT2D eigenvalue weighted by Crippen LogP contribution is 2.30. The maximum atomic E-state index is 12.5. The van der Waals surface area contributed by atoms with Gasteiger partial charge in [-0.25, -0.2) is 4.98 Å². The number of hydrogen-bond donors (Lipinski definition) is 1. The molecule has 2 aromatic rings. The Morgan fingerprint density at radius 1 is 1.25 bits per heavy atom. The fraction of sp³-hybridized carbons (Fsp3) is 0.357. The molecule has 0 spiro atoms. The van der Waals surface area contributed by atoms with Gasteiger partial charge in [0.05, 0.1) is 5.56 Å². The molecule has 1 N–H and O–H groups in total. The highest BCUT2D eigenvalue weighted by atomic mass is 19.4. The number of halogens is 3. The van der Waals surface area contributed by atoms with Crippen molar-refractivity contribution in [3.8, 4) is 0 Å². The van der Waals surface area contributed by atoms with E-state index < -0.39 is 17.8 Å². The zero-order chi connectivity index (χ0) is 14.8. The number of rotatable bonds is 4. The first-order valence-corrected chi connectivity index (χ1v) is 6.29. The van der Waals surface area contributed by atoms with Crippen LogP contribution in [-0.4, -0.2) is 14.7 Å². The lowest BCUT2D eigenvalue weighted by atomic mass is 10.1. The van der Waals surface area contributed by atoms with E-state index in [2.05, 4.69) is 4.98 Å². The third kappa shape index (κ3) is 3.01. The van der Waals surface area contributed by atoms with Crippen LogP contribution in [0.2, 0.25) is 0 Å². The molecule has 0 saturated carbocycles. The van der Waals surface area contributed by atoms with Gasteiger partial charge in [0.25, 0.3) is 0 Å². The van der Waals surface area contributed by atoms with Crippen molar-refractivity contribution in [1.29, 1.82) is 0 Å². The van der Waals surface area contributed by atoms with Crippen LogP contribution in [-0.2, 0) is 12.7 Å². The van der Waals surface area contributed by atoms with Crippen molar-refractivity contribution < 1.29 is 18.3 Å². The van der Waals surface area contributed by atoms with Crippen LogP contribution in [0.3, 0.4) is 0 Å². The molecule has 0 saturated heterocycles. The van der Waals surface area contributed by atoms with E-state index in [0.717, 1.165) is 18.6 Å². The van der Waals surface area contributed by atoms with Crippen molar-refractivity contribution in [3.63, 3.8) is 0 Å². The Hall–Kier alpha value is -1.82. The monoisotopic (exact) mass is 284 g/mol. The van der Waals surface area contributed by atoms with Gasteiger partial charge in [-0.2, -0.15) is 13.2 Å². The summed E-state index contributed by atoms with van der Waals surface area (Å²) in [5.41, 5.74) is -0.341.